The Morgan fingerprint density at radius 1 is 1.00 bits per heavy atom. The molecular weight excluding hydrogens is 488 g/mol. The van der Waals surface area contributed by atoms with Crippen LogP contribution in [0.1, 0.15) is 17.5 Å². The van der Waals surface area contributed by atoms with Gasteiger partial charge in [-0.3, -0.25) is 9.59 Å². The van der Waals surface area contributed by atoms with Crippen molar-refractivity contribution in [2.75, 3.05) is 56.2 Å². The lowest BCUT2D eigenvalue weighted by Gasteiger charge is -2.34. The molecule has 0 radical (unpaired) electrons. The van der Waals surface area contributed by atoms with E-state index in [9.17, 15) is 35.9 Å². The molecule has 0 bridgehead atoms. The normalized spacial score (nSPS) is 14.8. The van der Waals surface area contributed by atoms with Crippen molar-refractivity contribution >= 4 is 17.5 Å². The van der Waals surface area contributed by atoms with Gasteiger partial charge in [0.05, 0.1) is 37.1 Å². The largest absolute Gasteiger partial charge is 0.423 e. The van der Waals surface area contributed by atoms with Gasteiger partial charge < -0.3 is 19.9 Å². The van der Waals surface area contributed by atoms with E-state index in [0.29, 0.717) is 38.6 Å². The molecule has 2 aromatic heterocycles. The highest BCUT2D eigenvalue weighted by molar-refractivity contribution is 5.76. The molecule has 1 fully saturated rings. The lowest BCUT2D eigenvalue weighted by molar-refractivity contribution is -0.139. The van der Waals surface area contributed by atoms with Gasteiger partial charge in [0, 0.05) is 45.1 Å². The maximum atomic E-state index is 13.0. The lowest BCUT2D eigenvalue weighted by Crippen LogP contribution is -2.49. The van der Waals surface area contributed by atoms with E-state index in [1.54, 1.807) is 14.9 Å². The van der Waals surface area contributed by atoms with Gasteiger partial charge in [0.15, 0.2) is 0 Å². The molecule has 0 atom stereocenters. The van der Waals surface area contributed by atoms with Crippen LogP contribution >= 0.6 is 0 Å². The van der Waals surface area contributed by atoms with E-state index < -0.39 is 34.7 Å². The second-order valence-corrected chi connectivity index (χ2v) is 7.41. The highest BCUT2D eigenvalue weighted by Crippen LogP contribution is 2.31. The molecule has 0 spiro atoms. The van der Waals surface area contributed by atoms with Crippen LogP contribution in [0.3, 0.4) is 0 Å². The monoisotopic (exact) mass is 509 g/mol. The summed E-state index contributed by atoms with van der Waals surface area (Å²) in [5.74, 6) is -0.0608. The van der Waals surface area contributed by atoms with Gasteiger partial charge in [-0.1, -0.05) is 0 Å². The minimum absolute atomic E-state index is 0.0174. The van der Waals surface area contributed by atoms with Gasteiger partial charge in [0.1, 0.15) is 5.56 Å². The molecule has 3 rings (SSSR count). The summed E-state index contributed by atoms with van der Waals surface area (Å²) in [5.41, 5.74) is -4.17. The van der Waals surface area contributed by atoms with E-state index in [2.05, 4.69) is 20.4 Å². The van der Waals surface area contributed by atoms with E-state index in [4.69, 9.17) is 4.74 Å². The Bertz CT molecular complexity index is 1050. The Labute approximate surface area is 194 Å². The predicted octanol–water partition coefficient (Wildman–Crippen LogP) is 1.76. The van der Waals surface area contributed by atoms with Crippen molar-refractivity contribution in [3.8, 4) is 0 Å². The fourth-order valence-corrected chi connectivity index (χ4v) is 3.28. The number of aromatic amines is 1. The van der Waals surface area contributed by atoms with Crippen LogP contribution in [0.4, 0.5) is 38.0 Å². The molecule has 1 saturated heterocycles. The third-order valence-corrected chi connectivity index (χ3v) is 5.04. The van der Waals surface area contributed by atoms with E-state index in [0.717, 1.165) is 6.20 Å². The van der Waals surface area contributed by atoms with Gasteiger partial charge >= 0.3 is 12.4 Å². The average molecular weight is 509 g/mol. The maximum absolute atomic E-state index is 13.0. The van der Waals surface area contributed by atoms with Gasteiger partial charge in [-0.05, 0) is 0 Å². The third kappa shape index (κ3) is 7.03. The number of halogens is 6. The zero-order valence-corrected chi connectivity index (χ0v) is 18.1. The summed E-state index contributed by atoms with van der Waals surface area (Å²) < 4.78 is 82.0. The molecule has 35 heavy (non-hydrogen) atoms. The number of nitrogens with one attached hydrogen (secondary N) is 2. The predicted molar refractivity (Wildman–Crippen MR) is 110 cm³/mol. The highest BCUT2D eigenvalue weighted by atomic mass is 19.4. The molecule has 3 heterocycles. The first-order valence-corrected chi connectivity index (χ1v) is 10.4. The van der Waals surface area contributed by atoms with Crippen LogP contribution in [-0.4, -0.2) is 76.9 Å². The van der Waals surface area contributed by atoms with Crippen molar-refractivity contribution in [1.29, 1.82) is 0 Å². The van der Waals surface area contributed by atoms with Crippen molar-refractivity contribution in [3.63, 3.8) is 0 Å². The number of rotatable bonds is 8. The number of amides is 1. The number of carbonyl (C=O) groups is 1. The van der Waals surface area contributed by atoms with Crippen LogP contribution in [0.2, 0.25) is 0 Å². The molecular formula is C19H21F6N7O3. The van der Waals surface area contributed by atoms with E-state index in [1.807, 2.05) is 0 Å². The maximum Gasteiger partial charge on any atom is 0.423 e. The first kappa shape index (κ1) is 26.2. The number of aromatic nitrogens is 4. The second kappa shape index (κ2) is 10.9. The number of carbonyl (C=O) groups excluding carboxylic acids is 1. The number of nitrogens with zero attached hydrogens (tertiary/aromatic N) is 5. The average Bonchev–Trinajstić information content (AvgIpc) is 2.80. The van der Waals surface area contributed by atoms with Crippen molar-refractivity contribution in [2.45, 2.75) is 18.8 Å². The van der Waals surface area contributed by atoms with E-state index in [-0.39, 0.29) is 38.0 Å². The fraction of sp³-hybridized carbons (Fsp3) is 0.526. The van der Waals surface area contributed by atoms with Crippen LogP contribution in [-0.2, 0) is 21.9 Å². The second-order valence-electron chi connectivity index (χ2n) is 7.41. The Hall–Kier alpha value is -3.43. The van der Waals surface area contributed by atoms with Gasteiger partial charge in [0.25, 0.3) is 5.56 Å². The van der Waals surface area contributed by atoms with E-state index in [1.165, 1.54) is 0 Å². The lowest BCUT2D eigenvalue weighted by atomic mass is 10.2. The molecule has 0 unspecified atom stereocenters. The molecule has 0 saturated carbocycles. The number of hydrogen-bond donors (Lipinski definition) is 2. The smallest absolute Gasteiger partial charge is 0.381 e. The molecule has 2 N–H and O–H groups in total. The molecule has 2 aromatic rings. The van der Waals surface area contributed by atoms with Crippen LogP contribution in [0.15, 0.2) is 23.4 Å². The molecule has 0 aromatic carbocycles. The van der Waals surface area contributed by atoms with Crippen molar-refractivity contribution < 1.29 is 35.9 Å². The van der Waals surface area contributed by atoms with Gasteiger partial charge in [-0.2, -0.15) is 31.4 Å². The summed E-state index contributed by atoms with van der Waals surface area (Å²) in [6.45, 7) is 1.29. The molecule has 16 heteroatoms. The van der Waals surface area contributed by atoms with Crippen LogP contribution < -0.4 is 15.8 Å². The van der Waals surface area contributed by atoms with Gasteiger partial charge in [-0.15, -0.1) is 0 Å². The Kier molecular flexibility index (Phi) is 8.14. The third-order valence-electron chi connectivity index (χ3n) is 5.04. The zero-order valence-electron chi connectivity index (χ0n) is 18.1. The minimum Gasteiger partial charge on any atom is -0.381 e. The fourth-order valence-electron chi connectivity index (χ4n) is 3.28. The number of ether oxygens (including phenoxy) is 1. The number of alkyl halides is 6. The summed E-state index contributed by atoms with van der Waals surface area (Å²) in [6.07, 6.45) is -7.06. The topological polar surface area (TPSA) is 116 Å². The van der Waals surface area contributed by atoms with Gasteiger partial charge in [0.2, 0.25) is 11.9 Å². The Balaban J connectivity index is 1.36. The van der Waals surface area contributed by atoms with E-state index >= 15 is 0 Å². The van der Waals surface area contributed by atoms with Crippen LogP contribution in [0, 0.1) is 0 Å². The molecule has 0 aliphatic carbocycles. The van der Waals surface area contributed by atoms with Gasteiger partial charge in [-0.25, -0.2) is 15.1 Å². The molecule has 192 valence electrons. The van der Waals surface area contributed by atoms with Crippen molar-refractivity contribution in [3.05, 3.63) is 40.1 Å². The summed E-state index contributed by atoms with van der Waals surface area (Å²) in [7, 11) is 0. The first-order chi connectivity index (χ1) is 16.5. The highest BCUT2D eigenvalue weighted by Gasteiger charge is 2.37. The molecule has 1 aliphatic rings. The quantitative estimate of drug-likeness (QED) is 0.409. The Morgan fingerprint density at radius 2 is 1.66 bits per heavy atom. The molecule has 10 nitrogen and oxygen atoms in total. The first-order valence-electron chi connectivity index (χ1n) is 10.4. The molecule has 1 amide bonds. The SMILES string of the molecule is O=C(CCOCCNc1cn[nH]c(=O)c1C(F)(F)F)N1CCN(c2ncc(C(F)(F)F)cn2)CC1. The number of piperazine rings is 1. The number of H-pyrrole nitrogens is 1. The number of hydrogen-bond acceptors (Lipinski definition) is 8. The van der Waals surface area contributed by atoms with Crippen LogP contribution in [0.25, 0.3) is 0 Å². The summed E-state index contributed by atoms with van der Waals surface area (Å²) >= 11 is 0. The minimum atomic E-state index is -4.85. The van der Waals surface area contributed by atoms with Crippen LogP contribution in [0.5, 0.6) is 0 Å². The zero-order chi connectivity index (χ0) is 25.6. The van der Waals surface area contributed by atoms with Crippen molar-refractivity contribution in [2.24, 2.45) is 0 Å². The number of anilines is 2. The standard InChI is InChI=1S/C19H21F6N7O3/c20-18(21,22)12-9-27-17(28-10-12)32-5-3-31(4-6-32)14(33)1-7-35-8-2-26-13-11-29-30-16(34)15(13)19(23,24)25/h9-11H,1-8H2,(H2,26,30,34). The summed E-state index contributed by atoms with van der Waals surface area (Å²) in [4.78, 5) is 34.4. The van der Waals surface area contributed by atoms with Crippen molar-refractivity contribution in [1.82, 2.24) is 25.1 Å². The summed E-state index contributed by atoms with van der Waals surface area (Å²) in [6, 6.07) is 0. The Morgan fingerprint density at radius 3 is 2.26 bits per heavy atom. The molecule has 1 aliphatic heterocycles. The summed E-state index contributed by atoms with van der Waals surface area (Å²) in [5, 5.41) is 7.51.